The Labute approximate surface area is 133 Å². The molecule has 0 aliphatic carbocycles. The summed E-state index contributed by atoms with van der Waals surface area (Å²) in [6.07, 6.45) is 0.341. The summed E-state index contributed by atoms with van der Waals surface area (Å²) in [4.78, 5) is 23.8. The largest absolute Gasteiger partial charge is 0.785 e. The number of nitrogens with one attached hydrogen (secondary N) is 1. The molecular formula is C10H10NO3S2Y-. The molecule has 89 valence electrons. The van der Waals surface area contributed by atoms with E-state index in [2.05, 4.69) is 17.9 Å². The predicted octanol–water partition coefficient (Wildman–Crippen LogP) is 0.183. The van der Waals surface area contributed by atoms with E-state index in [1.165, 1.54) is 0 Å². The van der Waals surface area contributed by atoms with Gasteiger partial charge in [-0.25, -0.2) is 0 Å². The van der Waals surface area contributed by atoms with Gasteiger partial charge < -0.3 is 23.1 Å². The Hall–Kier alpha value is 0.254. The minimum absolute atomic E-state index is 0. The van der Waals surface area contributed by atoms with Crippen LogP contribution in [0, 0.1) is 0 Å². The molecule has 1 aromatic rings. The van der Waals surface area contributed by atoms with Crippen LogP contribution in [0.5, 0.6) is 0 Å². The second-order valence-electron chi connectivity index (χ2n) is 3.60. The molecular weight excluding hydrogens is 335 g/mol. The van der Waals surface area contributed by atoms with Crippen molar-refractivity contribution in [3.05, 3.63) is 21.9 Å². The van der Waals surface area contributed by atoms with E-state index in [1.54, 1.807) is 12.1 Å². The van der Waals surface area contributed by atoms with Gasteiger partial charge in [-0.15, -0.1) is 17.1 Å². The summed E-state index contributed by atoms with van der Waals surface area (Å²) in [5, 5.41) is 12.7. The van der Waals surface area contributed by atoms with Gasteiger partial charge in [-0.05, 0) is 12.1 Å². The summed E-state index contributed by atoms with van der Waals surface area (Å²) in [6, 6.07) is 3.23. The van der Waals surface area contributed by atoms with E-state index in [4.69, 9.17) is 0 Å². The molecule has 1 atom stereocenters. The normalized spacial score (nSPS) is 23.1. The van der Waals surface area contributed by atoms with Gasteiger partial charge in [0, 0.05) is 50.6 Å². The third kappa shape index (κ3) is 2.81. The number of Topliss-reactive ketones (excluding diaryl/α,β-unsaturated/α-hetero) is 1. The fourth-order valence-electron chi connectivity index (χ4n) is 1.63. The second-order valence-corrected chi connectivity index (χ2v) is 4.97. The van der Waals surface area contributed by atoms with Crippen molar-refractivity contribution >= 4 is 35.7 Å². The zero-order valence-electron chi connectivity index (χ0n) is 8.93. The van der Waals surface area contributed by atoms with Crippen molar-refractivity contribution in [3.63, 3.8) is 0 Å². The van der Waals surface area contributed by atoms with Gasteiger partial charge in [0.1, 0.15) is 5.78 Å². The van der Waals surface area contributed by atoms with E-state index in [0.29, 0.717) is 22.7 Å². The van der Waals surface area contributed by atoms with Crippen LogP contribution in [0.15, 0.2) is 12.1 Å². The average molecular weight is 345 g/mol. The standard InChI is InChI=1S/C10H11NO3S2.Y/c12-6(5-15)7-1-2-8(16-7)10(14)3-4-11-9(10)13;/h1-2,14-15H,3-5H2,(H,11,13);/p-1/t10-;/m1./s1. The molecule has 7 heteroatoms. The van der Waals surface area contributed by atoms with Gasteiger partial charge >= 0.3 is 0 Å². The number of amides is 1. The molecule has 2 rings (SSSR count). The van der Waals surface area contributed by atoms with Crippen molar-refractivity contribution in [3.8, 4) is 0 Å². The number of carbonyl (C=O) groups excluding carboxylic acids is 2. The summed E-state index contributed by atoms with van der Waals surface area (Å²) >= 11 is 5.81. The van der Waals surface area contributed by atoms with Crippen molar-refractivity contribution in [2.45, 2.75) is 12.0 Å². The fraction of sp³-hybridized carbons (Fsp3) is 0.400. The molecule has 2 heterocycles. The van der Waals surface area contributed by atoms with Crippen LogP contribution >= 0.6 is 11.3 Å². The summed E-state index contributed by atoms with van der Waals surface area (Å²) in [5.74, 6) is -0.523. The molecule has 2 N–H and O–H groups in total. The number of hydrogen-bond donors (Lipinski definition) is 2. The molecule has 1 fully saturated rings. The van der Waals surface area contributed by atoms with Crippen LogP contribution < -0.4 is 5.32 Å². The summed E-state index contributed by atoms with van der Waals surface area (Å²) in [6.45, 7) is 0.456. The van der Waals surface area contributed by atoms with Gasteiger partial charge in [-0.2, -0.15) is 0 Å². The SMILES string of the molecule is O=C(C[S-])c1ccc([C@]2(O)CCNC2=O)s1.[Y]. The monoisotopic (exact) mass is 345 g/mol. The molecule has 0 bridgehead atoms. The van der Waals surface area contributed by atoms with Crippen molar-refractivity contribution in [2.24, 2.45) is 0 Å². The van der Waals surface area contributed by atoms with Crippen molar-refractivity contribution in [1.82, 2.24) is 5.32 Å². The molecule has 1 aromatic heterocycles. The van der Waals surface area contributed by atoms with Crippen molar-refractivity contribution in [2.75, 3.05) is 12.3 Å². The van der Waals surface area contributed by atoms with Crippen LogP contribution in [0.1, 0.15) is 21.0 Å². The summed E-state index contributed by atoms with van der Waals surface area (Å²) < 4.78 is 0. The molecule has 1 amide bonds. The van der Waals surface area contributed by atoms with Gasteiger partial charge in [0.25, 0.3) is 5.91 Å². The summed E-state index contributed by atoms with van der Waals surface area (Å²) in [7, 11) is 0. The van der Waals surface area contributed by atoms with Crippen LogP contribution in [0.25, 0.3) is 0 Å². The molecule has 0 saturated carbocycles. The third-order valence-electron chi connectivity index (χ3n) is 2.57. The van der Waals surface area contributed by atoms with Crippen molar-refractivity contribution in [1.29, 1.82) is 0 Å². The zero-order chi connectivity index (χ0) is 11.8. The number of rotatable bonds is 3. The Kier molecular flexibility index (Phi) is 5.34. The van der Waals surface area contributed by atoms with Crippen LogP contribution in [-0.2, 0) is 55.7 Å². The third-order valence-corrected chi connectivity index (χ3v) is 4.11. The maximum Gasteiger partial charge on any atom is 0.257 e. The topological polar surface area (TPSA) is 66.4 Å². The van der Waals surface area contributed by atoms with Crippen LogP contribution in [0.4, 0.5) is 0 Å². The van der Waals surface area contributed by atoms with Gasteiger partial charge in [0.2, 0.25) is 0 Å². The van der Waals surface area contributed by atoms with Gasteiger partial charge in [-0.1, -0.05) is 0 Å². The number of ketones is 1. The Morgan fingerprint density at radius 1 is 1.59 bits per heavy atom. The van der Waals surface area contributed by atoms with Crippen LogP contribution in [0.2, 0.25) is 0 Å². The zero-order valence-corrected chi connectivity index (χ0v) is 13.4. The predicted molar refractivity (Wildman–Crippen MR) is 62.4 cm³/mol. The number of aliphatic hydroxyl groups is 1. The van der Waals surface area contributed by atoms with Crippen LogP contribution in [0.3, 0.4) is 0 Å². The molecule has 1 aliphatic rings. The minimum atomic E-state index is -1.47. The van der Waals surface area contributed by atoms with E-state index in [-0.39, 0.29) is 44.2 Å². The molecule has 17 heavy (non-hydrogen) atoms. The Morgan fingerprint density at radius 2 is 2.29 bits per heavy atom. The van der Waals surface area contributed by atoms with Crippen molar-refractivity contribution < 1.29 is 47.4 Å². The minimum Gasteiger partial charge on any atom is -0.785 e. The first-order valence-corrected chi connectivity index (χ1v) is 6.19. The Bertz CT molecular complexity index is 449. The Morgan fingerprint density at radius 3 is 2.82 bits per heavy atom. The molecule has 1 radical (unpaired) electrons. The Balaban J connectivity index is 0.00000144. The smallest absolute Gasteiger partial charge is 0.257 e. The van der Waals surface area contributed by atoms with E-state index in [0.717, 1.165) is 11.3 Å². The van der Waals surface area contributed by atoms with E-state index < -0.39 is 11.5 Å². The molecule has 0 spiro atoms. The first-order chi connectivity index (χ1) is 7.58. The van der Waals surface area contributed by atoms with Gasteiger partial charge in [0.15, 0.2) is 5.60 Å². The molecule has 1 aliphatic heterocycles. The maximum atomic E-state index is 11.5. The molecule has 4 nitrogen and oxygen atoms in total. The molecule has 0 unspecified atom stereocenters. The van der Waals surface area contributed by atoms with E-state index in [9.17, 15) is 14.7 Å². The summed E-state index contributed by atoms with van der Waals surface area (Å²) in [5.41, 5.74) is -1.47. The van der Waals surface area contributed by atoms with Gasteiger partial charge in [-0.3, -0.25) is 9.59 Å². The number of thiophene rings is 1. The first kappa shape index (κ1) is 15.3. The fourth-order valence-corrected chi connectivity index (χ4v) is 2.94. The molecule has 0 aromatic carbocycles. The average Bonchev–Trinajstić information content (AvgIpc) is 2.87. The first-order valence-electron chi connectivity index (χ1n) is 4.80. The quantitative estimate of drug-likeness (QED) is 0.606. The van der Waals surface area contributed by atoms with Gasteiger partial charge in [0.05, 0.1) is 4.88 Å². The van der Waals surface area contributed by atoms with E-state index in [1.807, 2.05) is 0 Å². The van der Waals surface area contributed by atoms with E-state index >= 15 is 0 Å². The van der Waals surface area contributed by atoms with Crippen LogP contribution in [-0.4, -0.2) is 29.1 Å². The maximum absolute atomic E-state index is 11.5. The molecule has 1 saturated heterocycles. The second kappa shape index (κ2) is 5.93. The number of hydrogen-bond acceptors (Lipinski definition) is 5. The number of carbonyl (C=O) groups is 2.